The fourth-order valence-electron chi connectivity index (χ4n) is 8.18. The third kappa shape index (κ3) is 12.7. The summed E-state index contributed by atoms with van der Waals surface area (Å²) in [6.07, 6.45) is 11.2. The number of amides is 3. The van der Waals surface area contributed by atoms with E-state index in [9.17, 15) is 34.8 Å². The maximum absolute atomic E-state index is 13.0. The number of nitrogens with one attached hydrogen (secondary N) is 2. The zero-order valence-electron chi connectivity index (χ0n) is 29.5. The van der Waals surface area contributed by atoms with E-state index in [-0.39, 0.29) is 30.6 Å². The molecule has 2 aliphatic heterocycles. The lowest BCUT2D eigenvalue weighted by atomic mass is 9.79. The summed E-state index contributed by atoms with van der Waals surface area (Å²) in [5, 5.41) is 45.6. The third-order valence-electron chi connectivity index (χ3n) is 10.9. The molecule has 6 N–H and O–H groups in total. The first-order valence-corrected chi connectivity index (χ1v) is 19.0. The molecule has 0 aromatic heterocycles. The molecule has 7 unspecified atom stereocenters. The number of carbonyl (C=O) groups is 3. The van der Waals surface area contributed by atoms with Crippen LogP contribution in [-0.2, 0) is 28.6 Å². The summed E-state index contributed by atoms with van der Waals surface area (Å²) in [5.41, 5.74) is 0. The Morgan fingerprint density at radius 2 is 1.59 bits per heavy atom. The molecule has 2 saturated carbocycles. The molecule has 2 saturated heterocycles. The number of hydrogen-bond acceptors (Lipinski definition) is 10. The largest absolute Gasteiger partial charge is 0.394 e. The van der Waals surface area contributed by atoms with Gasteiger partial charge in [0.05, 0.1) is 31.5 Å². The molecule has 4 fully saturated rings. The van der Waals surface area contributed by atoms with Crippen molar-refractivity contribution in [1.82, 2.24) is 15.5 Å². The highest BCUT2D eigenvalue weighted by molar-refractivity contribution is 5.77. The smallest absolute Gasteiger partial charge is 0.222 e. The van der Waals surface area contributed by atoms with Gasteiger partial charge in [-0.3, -0.25) is 14.4 Å². The van der Waals surface area contributed by atoms with Crippen LogP contribution in [0.15, 0.2) is 0 Å². The highest BCUT2D eigenvalue weighted by Gasteiger charge is 2.45. The van der Waals surface area contributed by atoms with Gasteiger partial charge in [0.25, 0.3) is 0 Å². The van der Waals surface area contributed by atoms with Gasteiger partial charge in [-0.25, -0.2) is 0 Å². The van der Waals surface area contributed by atoms with Gasteiger partial charge >= 0.3 is 0 Å². The number of ether oxygens (including phenoxy) is 3. The molecule has 2 aliphatic carbocycles. The minimum absolute atomic E-state index is 0.0255. The van der Waals surface area contributed by atoms with E-state index >= 15 is 0 Å². The van der Waals surface area contributed by atoms with Crippen molar-refractivity contribution in [3.63, 3.8) is 0 Å². The Balaban J connectivity index is 1.01. The molecule has 4 aliphatic rings. The molecule has 0 radical (unpaired) electrons. The van der Waals surface area contributed by atoms with Crippen molar-refractivity contribution >= 4 is 17.7 Å². The summed E-state index contributed by atoms with van der Waals surface area (Å²) in [4.78, 5) is 38.6. The summed E-state index contributed by atoms with van der Waals surface area (Å²) >= 11 is 0. The standard InChI is InChI=1S/C36H63N3O10/c1-24(41)38-33-35(46)34(45)30(22-40)49-36(33)47-18-10-4-7-13-31(43)37-17-9-3-8-14-32(44)39-21-28(42)20-27(39)23-48-29-16-15-26(19-29)25-11-5-2-6-12-25/h25-30,33-36,40,42,45-46H,2-23H2,1H3,(H,37,43)(H,38,41)/t26?,27-,28+,29?,30?,33?,34?,35?,36?/m0/s1. The maximum Gasteiger partial charge on any atom is 0.222 e. The van der Waals surface area contributed by atoms with Gasteiger partial charge in [0.1, 0.15) is 24.4 Å². The van der Waals surface area contributed by atoms with Crippen molar-refractivity contribution in [2.75, 3.05) is 32.9 Å². The second-order valence-corrected chi connectivity index (χ2v) is 14.8. The molecule has 0 spiro atoms. The maximum atomic E-state index is 13.0. The van der Waals surface area contributed by atoms with E-state index in [1.807, 2.05) is 4.90 Å². The van der Waals surface area contributed by atoms with Crippen LogP contribution < -0.4 is 10.6 Å². The first kappa shape index (κ1) is 39.9. The molecule has 4 rings (SSSR count). The van der Waals surface area contributed by atoms with Crippen LogP contribution in [0.4, 0.5) is 0 Å². The number of hydrogen-bond donors (Lipinski definition) is 6. The van der Waals surface area contributed by atoms with Crippen molar-refractivity contribution in [2.24, 2.45) is 11.8 Å². The highest BCUT2D eigenvalue weighted by Crippen LogP contribution is 2.40. The molecule has 0 aromatic rings. The summed E-state index contributed by atoms with van der Waals surface area (Å²) in [7, 11) is 0. The van der Waals surface area contributed by atoms with Gasteiger partial charge in [0.15, 0.2) is 6.29 Å². The molecule has 9 atom stereocenters. The number of rotatable bonds is 19. The summed E-state index contributed by atoms with van der Waals surface area (Å²) in [6.45, 7) is 2.50. The van der Waals surface area contributed by atoms with Gasteiger partial charge in [-0.15, -0.1) is 0 Å². The van der Waals surface area contributed by atoms with E-state index in [1.165, 1.54) is 45.4 Å². The molecule has 282 valence electrons. The lowest BCUT2D eigenvalue weighted by Crippen LogP contribution is -2.64. The van der Waals surface area contributed by atoms with Crippen molar-refractivity contribution in [1.29, 1.82) is 0 Å². The topological polar surface area (TPSA) is 187 Å². The molecule has 13 nitrogen and oxygen atoms in total. The fourth-order valence-corrected chi connectivity index (χ4v) is 8.18. The van der Waals surface area contributed by atoms with E-state index in [4.69, 9.17) is 14.2 Å². The molecule has 2 heterocycles. The van der Waals surface area contributed by atoms with Crippen molar-refractivity contribution in [3.8, 4) is 0 Å². The Morgan fingerprint density at radius 3 is 2.35 bits per heavy atom. The van der Waals surface area contributed by atoms with E-state index < -0.39 is 49.3 Å². The molecular formula is C36H63N3O10. The van der Waals surface area contributed by atoms with Crippen LogP contribution in [0.3, 0.4) is 0 Å². The van der Waals surface area contributed by atoms with Gasteiger partial charge < -0.3 is 50.2 Å². The van der Waals surface area contributed by atoms with Gasteiger partial charge in [0.2, 0.25) is 17.7 Å². The van der Waals surface area contributed by atoms with E-state index in [0.717, 1.165) is 50.4 Å². The average molecular weight is 698 g/mol. The first-order chi connectivity index (χ1) is 23.7. The summed E-state index contributed by atoms with van der Waals surface area (Å²) < 4.78 is 17.6. The van der Waals surface area contributed by atoms with Crippen molar-refractivity contribution < 1.29 is 49.0 Å². The minimum Gasteiger partial charge on any atom is -0.394 e. The van der Waals surface area contributed by atoms with Gasteiger partial charge in [0, 0.05) is 39.5 Å². The molecule has 49 heavy (non-hydrogen) atoms. The van der Waals surface area contributed by atoms with Crippen LogP contribution in [-0.4, -0.2) is 125 Å². The molecule has 0 aromatic carbocycles. The number of unbranched alkanes of at least 4 members (excludes halogenated alkanes) is 4. The lowest BCUT2D eigenvalue weighted by Gasteiger charge is -2.42. The molecule has 3 amide bonds. The Labute approximate surface area is 291 Å². The summed E-state index contributed by atoms with van der Waals surface area (Å²) in [5.74, 6) is 1.30. The van der Waals surface area contributed by atoms with Crippen LogP contribution in [0.1, 0.15) is 116 Å². The van der Waals surface area contributed by atoms with Crippen LogP contribution in [0, 0.1) is 11.8 Å². The number of aliphatic hydroxyl groups excluding tert-OH is 4. The summed E-state index contributed by atoms with van der Waals surface area (Å²) in [6, 6.07) is -1.02. The number of carbonyl (C=O) groups excluding carboxylic acids is 3. The predicted octanol–water partition coefficient (Wildman–Crippen LogP) is 1.91. The average Bonchev–Trinajstić information content (AvgIpc) is 3.72. The van der Waals surface area contributed by atoms with E-state index in [2.05, 4.69) is 10.6 Å². The quantitative estimate of drug-likeness (QED) is 0.109. The zero-order valence-corrected chi connectivity index (χ0v) is 29.5. The Morgan fingerprint density at radius 1 is 0.837 bits per heavy atom. The Bertz CT molecular complexity index is 1010. The first-order valence-electron chi connectivity index (χ1n) is 19.0. The third-order valence-corrected chi connectivity index (χ3v) is 10.9. The van der Waals surface area contributed by atoms with E-state index in [1.54, 1.807) is 0 Å². The minimum atomic E-state index is -1.36. The lowest BCUT2D eigenvalue weighted by molar-refractivity contribution is -0.270. The Kier molecular flexibility index (Phi) is 17.0. The van der Waals surface area contributed by atoms with Gasteiger partial charge in [-0.2, -0.15) is 0 Å². The molecule has 13 heteroatoms. The number of likely N-dealkylation sites (tertiary alicyclic amines) is 1. The molecule has 0 bridgehead atoms. The highest BCUT2D eigenvalue weighted by atomic mass is 16.7. The fraction of sp³-hybridized carbons (Fsp3) is 0.917. The van der Waals surface area contributed by atoms with E-state index in [0.29, 0.717) is 51.8 Å². The molecular weight excluding hydrogens is 634 g/mol. The van der Waals surface area contributed by atoms with Gasteiger partial charge in [-0.1, -0.05) is 44.9 Å². The SMILES string of the molecule is CC(=O)NC1C(OCCCCCC(=O)NCCCCCC(=O)N2C[C@H](O)C[C@H]2COC2CCC(C3CCCCC3)C2)OC(CO)C(O)C1O. The van der Waals surface area contributed by atoms with Crippen LogP contribution >= 0.6 is 0 Å². The van der Waals surface area contributed by atoms with Crippen LogP contribution in [0.2, 0.25) is 0 Å². The van der Waals surface area contributed by atoms with Crippen LogP contribution in [0.25, 0.3) is 0 Å². The number of nitrogens with zero attached hydrogens (tertiary/aromatic N) is 1. The second kappa shape index (κ2) is 20.8. The Hall–Kier alpha value is -1.87. The number of aliphatic hydroxyl groups is 4. The predicted molar refractivity (Wildman–Crippen MR) is 181 cm³/mol. The number of β-amino-alcohol motifs (C(OH)–C–C–N with tert-alkyl or cyclic N) is 1. The monoisotopic (exact) mass is 697 g/mol. The van der Waals surface area contributed by atoms with Crippen molar-refractivity contribution in [2.45, 2.75) is 165 Å². The van der Waals surface area contributed by atoms with Crippen molar-refractivity contribution in [3.05, 3.63) is 0 Å². The normalized spacial score (nSPS) is 32.3. The van der Waals surface area contributed by atoms with Gasteiger partial charge in [-0.05, 0) is 63.2 Å². The zero-order chi connectivity index (χ0) is 35.2. The second-order valence-electron chi connectivity index (χ2n) is 14.8. The van der Waals surface area contributed by atoms with Crippen LogP contribution in [0.5, 0.6) is 0 Å².